The van der Waals surface area contributed by atoms with Crippen LogP contribution in [0.4, 0.5) is 0 Å². The zero-order valence-electron chi connectivity index (χ0n) is 14.3. The summed E-state index contributed by atoms with van der Waals surface area (Å²) < 4.78 is 11.2. The number of aromatic nitrogens is 3. The molecule has 0 aliphatic carbocycles. The zero-order valence-corrected chi connectivity index (χ0v) is 14.3. The number of H-pyrrole nitrogens is 1. The Bertz CT molecular complexity index is 845. The Balaban J connectivity index is 1.44. The lowest BCUT2D eigenvalue weighted by atomic mass is 9.97. The van der Waals surface area contributed by atoms with Crippen molar-refractivity contribution in [2.75, 3.05) is 13.1 Å². The van der Waals surface area contributed by atoms with E-state index in [-0.39, 0.29) is 11.8 Å². The Labute approximate surface area is 151 Å². The van der Waals surface area contributed by atoms with E-state index in [9.17, 15) is 4.79 Å². The van der Waals surface area contributed by atoms with Gasteiger partial charge in [-0.05, 0) is 31.0 Å². The van der Waals surface area contributed by atoms with Gasteiger partial charge in [0.15, 0.2) is 5.76 Å². The molecule has 2 aromatic heterocycles. The van der Waals surface area contributed by atoms with Gasteiger partial charge in [0.1, 0.15) is 24.5 Å². The number of hydrogen-bond acceptors (Lipinski definition) is 5. The SMILES string of the molecule is O=C(c1occc1COc1ccccc1)N1CCCC(c2ncn[nH]2)C1. The number of amides is 1. The van der Waals surface area contributed by atoms with Crippen molar-refractivity contribution in [1.29, 1.82) is 0 Å². The number of nitrogens with zero attached hydrogens (tertiary/aromatic N) is 3. The molecular formula is C19H20N4O3. The fourth-order valence-electron chi connectivity index (χ4n) is 3.25. The second-order valence-corrected chi connectivity index (χ2v) is 6.34. The average Bonchev–Trinajstić information content (AvgIpc) is 3.39. The summed E-state index contributed by atoms with van der Waals surface area (Å²) in [6.07, 6.45) is 4.95. The number of piperidine rings is 1. The minimum atomic E-state index is -0.106. The van der Waals surface area contributed by atoms with Crippen molar-refractivity contribution < 1.29 is 13.9 Å². The van der Waals surface area contributed by atoms with Crippen LogP contribution in [-0.4, -0.2) is 39.1 Å². The molecule has 1 atom stereocenters. The highest BCUT2D eigenvalue weighted by Gasteiger charge is 2.29. The Kier molecular flexibility index (Phi) is 4.68. The molecule has 1 aromatic carbocycles. The summed E-state index contributed by atoms with van der Waals surface area (Å²) in [6, 6.07) is 11.3. The monoisotopic (exact) mass is 352 g/mol. The molecule has 7 heteroatoms. The van der Waals surface area contributed by atoms with Crippen LogP contribution in [0.25, 0.3) is 0 Å². The molecule has 7 nitrogen and oxygen atoms in total. The van der Waals surface area contributed by atoms with Crippen molar-refractivity contribution in [3.63, 3.8) is 0 Å². The quantitative estimate of drug-likeness (QED) is 0.763. The highest BCUT2D eigenvalue weighted by Crippen LogP contribution is 2.26. The number of para-hydroxylation sites is 1. The lowest BCUT2D eigenvalue weighted by Gasteiger charge is -2.31. The Hall–Kier alpha value is -3.09. The number of rotatable bonds is 5. The van der Waals surface area contributed by atoms with E-state index < -0.39 is 0 Å². The number of nitrogens with one attached hydrogen (secondary N) is 1. The highest BCUT2D eigenvalue weighted by atomic mass is 16.5. The first-order valence-electron chi connectivity index (χ1n) is 8.70. The molecule has 1 aliphatic rings. The molecule has 1 amide bonds. The maximum atomic E-state index is 12.9. The minimum absolute atomic E-state index is 0.106. The number of aromatic amines is 1. The fraction of sp³-hybridized carbons (Fsp3) is 0.316. The van der Waals surface area contributed by atoms with E-state index in [1.807, 2.05) is 35.2 Å². The predicted octanol–water partition coefficient (Wildman–Crippen LogP) is 3.00. The molecule has 134 valence electrons. The van der Waals surface area contributed by atoms with E-state index in [2.05, 4.69) is 15.2 Å². The number of carbonyl (C=O) groups is 1. The minimum Gasteiger partial charge on any atom is -0.489 e. The van der Waals surface area contributed by atoms with E-state index in [4.69, 9.17) is 9.15 Å². The first-order valence-corrected chi connectivity index (χ1v) is 8.70. The van der Waals surface area contributed by atoms with Gasteiger partial charge in [0.05, 0.1) is 6.26 Å². The van der Waals surface area contributed by atoms with Crippen LogP contribution < -0.4 is 4.74 Å². The van der Waals surface area contributed by atoms with Gasteiger partial charge in [0.25, 0.3) is 5.91 Å². The van der Waals surface area contributed by atoms with E-state index in [0.29, 0.717) is 25.5 Å². The van der Waals surface area contributed by atoms with E-state index in [0.717, 1.165) is 30.0 Å². The molecule has 0 saturated carbocycles. The van der Waals surface area contributed by atoms with Gasteiger partial charge >= 0.3 is 0 Å². The smallest absolute Gasteiger partial charge is 0.289 e. The van der Waals surface area contributed by atoms with Crippen molar-refractivity contribution in [3.05, 3.63) is 66.1 Å². The van der Waals surface area contributed by atoms with Crippen LogP contribution in [0.1, 0.15) is 40.7 Å². The van der Waals surface area contributed by atoms with Gasteiger partial charge in [-0.25, -0.2) is 4.98 Å². The molecule has 0 spiro atoms. The van der Waals surface area contributed by atoms with Crippen molar-refractivity contribution in [3.8, 4) is 5.75 Å². The number of likely N-dealkylation sites (tertiary alicyclic amines) is 1. The average molecular weight is 352 g/mol. The maximum Gasteiger partial charge on any atom is 0.289 e. The predicted molar refractivity (Wildman–Crippen MR) is 93.7 cm³/mol. The van der Waals surface area contributed by atoms with Gasteiger partial charge in [-0.3, -0.25) is 9.89 Å². The third-order valence-corrected chi connectivity index (χ3v) is 4.61. The third-order valence-electron chi connectivity index (χ3n) is 4.61. The van der Waals surface area contributed by atoms with E-state index >= 15 is 0 Å². The number of carbonyl (C=O) groups excluding carboxylic acids is 1. The van der Waals surface area contributed by atoms with Gasteiger partial charge in [-0.2, -0.15) is 5.10 Å². The van der Waals surface area contributed by atoms with E-state index in [1.165, 1.54) is 12.6 Å². The molecular weight excluding hydrogens is 332 g/mol. The first-order chi connectivity index (χ1) is 12.8. The van der Waals surface area contributed by atoms with Crippen LogP contribution in [0.3, 0.4) is 0 Å². The summed E-state index contributed by atoms with van der Waals surface area (Å²) in [7, 11) is 0. The molecule has 26 heavy (non-hydrogen) atoms. The van der Waals surface area contributed by atoms with Gasteiger partial charge in [-0.1, -0.05) is 18.2 Å². The Morgan fingerprint density at radius 2 is 2.19 bits per heavy atom. The summed E-state index contributed by atoms with van der Waals surface area (Å²) in [5.41, 5.74) is 0.751. The van der Waals surface area contributed by atoms with Crippen LogP contribution in [0.5, 0.6) is 5.75 Å². The maximum absolute atomic E-state index is 12.9. The van der Waals surface area contributed by atoms with Gasteiger partial charge in [0, 0.05) is 24.6 Å². The lowest BCUT2D eigenvalue weighted by Crippen LogP contribution is -2.39. The van der Waals surface area contributed by atoms with Crippen LogP contribution >= 0.6 is 0 Å². The Morgan fingerprint density at radius 1 is 1.31 bits per heavy atom. The van der Waals surface area contributed by atoms with Crippen LogP contribution in [0.2, 0.25) is 0 Å². The van der Waals surface area contributed by atoms with Crippen molar-refractivity contribution >= 4 is 5.91 Å². The van der Waals surface area contributed by atoms with Gasteiger partial charge in [-0.15, -0.1) is 0 Å². The van der Waals surface area contributed by atoms with E-state index in [1.54, 1.807) is 6.07 Å². The molecule has 0 bridgehead atoms. The normalized spacial score (nSPS) is 17.2. The molecule has 3 heterocycles. The standard InChI is InChI=1S/C19H20N4O3/c24-19(23-9-4-5-14(11-23)18-20-13-21-22-18)17-15(8-10-25-17)12-26-16-6-2-1-3-7-16/h1-3,6-8,10,13-14H,4-5,9,11-12H2,(H,20,21,22). The highest BCUT2D eigenvalue weighted by molar-refractivity contribution is 5.93. The summed E-state index contributed by atoms with van der Waals surface area (Å²) >= 11 is 0. The van der Waals surface area contributed by atoms with Crippen molar-refractivity contribution in [2.45, 2.75) is 25.4 Å². The number of ether oxygens (including phenoxy) is 1. The number of hydrogen-bond donors (Lipinski definition) is 1. The molecule has 1 saturated heterocycles. The largest absolute Gasteiger partial charge is 0.489 e. The van der Waals surface area contributed by atoms with Crippen molar-refractivity contribution in [1.82, 2.24) is 20.1 Å². The summed E-state index contributed by atoms with van der Waals surface area (Å²) in [6.45, 7) is 1.61. The second-order valence-electron chi connectivity index (χ2n) is 6.34. The van der Waals surface area contributed by atoms with Gasteiger partial charge < -0.3 is 14.1 Å². The summed E-state index contributed by atoms with van der Waals surface area (Å²) in [5, 5.41) is 6.82. The zero-order chi connectivity index (χ0) is 17.8. The lowest BCUT2D eigenvalue weighted by molar-refractivity contribution is 0.0668. The number of furan rings is 1. The van der Waals surface area contributed by atoms with Crippen molar-refractivity contribution in [2.24, 2.45) is 0 Å². The molecule has 1 aliphatic heterocycles. The molecule has 3 aromatic rings. The molecule has 1 fully saturated rings. The van der Waals surface area contributed by atoms with Crippen LogP contribution in [-0.2, 0) is 6.61 Å². The Morgan fingerprint density at radius 3 is 3.00 bits per heavy atom. The second kappa shape index (κ2) is 7.43. The number of benzene rings is 1. The molecule has 0 radical (unpaired) electrons. The molecule has 1 unspecified atom stereocenters. The first kappa shape index (κ1) is 16.4. The molecule has 4 rings (SSSR count). The fourth-order valence-corrected chi connectivity index (χ4v) is 3.25. The van der Waals surface area contributed by atoms with Crippen LogP contribution in [0.15, 0.2) is 53.4 Å². The topological polar surface area (TPSA) is 84.2 Å². The van der Waals surface area contributed by atoms with Gasteiger partial charge in [0.2, 0.25) is 0 Å². The third kappa shape index (κ3) is 3.46. The van der Waals surface area contributed by atoms with Crippen LogP contribution in [0, 0.1) is 0 Å². The molecule has 1 N–H and O–H groups in total. The summed E-state index contributed by atoms with van der Waals surface area (Å²) in [5.74, 6) is 2.00. The summed E-state index contributed by atoms with van der Waals surface area (Å²) in [4.78, 5) is 19.0.